The lowest BCUT2D eigenvalue weighted by atomic mass is 10.0. The Morgan fingerprint density at radius 2 is 1.08 bits per heavy atom. The smallest absolute Gasteiger partial charge is 0.370 e. The number of halogens is 9. The number of alkyl halides is 9. The standard InChI is InChI=1S/C12H19F9O3Si/c1-5-22-25(23-6-2,24-7-3)11(18,19)8(13)10(16,17)12(20,21)9(4,14)15/h8H,5-7H2,1-4H3. The van der Waals surface area contributed by atoms with Crippen molar-refractivity contribution < 1.29 is 52.8 Å². The fourth-order valence-corrected chi connectivity index (χ4v) is 4.28. The minimum Gasteiger partial charge on any atom is -0.370 e. The molecule has 1 unspecified atom stereocenters. The van der Waals surface area contributed by atoms with Gasteiger partial charge in [0.15, 0.2) is 0 Å². The zero-order chi connectivity index (χ0) is 20.3. The summed E-state index contributed by atoms with van der Waals surface area (Å²) in [7, 11) is -5.60. The quantitative estimate of drug-likeness (QED) is 0.372. The van der Waals surface area contributed by atoms with Crippen molar-refractivity contribution in [3.8, 4) is 0 Å². The summed E-state index contributed by atoms with van der Waals surface area (Å²) in [5.41, 5.74) is -5.42. The summed E-state index contributed by atoms with van der Waals surface area (Å²) in [6.07, 6.45) is -5.04. The maximum atomic E-state index is 14.4. The highest BCUT2D eigenvalue weighted by Gasteiger charge is 2.82. The topological polar surface area (TPSA) is 27.7 Å². The van der Waals surface area contributed by atoms with Gasteiger partial charge >= 0.3 is 32.1 Å². The predicted octanol–water partition coefficient (Wildman–Crippen LogP) is 4.47. The van der Waals surface area contributed by atoms with Crippen molar-refractivity contribution in [1.82, 2.24) is 0 Å². The van der Waals surface area contributed by atoms with Crippen LogP contribution in [0.5, 0.6) is 0 Å². The molecule has 13 heteroatoms. The molecule has 0 N–H and O–H groups in total. The van der Waals surface area contributed by atoms with Gasteiger partial charge in [0, 0.05) is 26.7 Å². The molecule has 0 aliphatic carbocycles. The summed E-state index contributed by atoms with van der Waals surface area (Å²) in [5.74, 6) is -18.3. The first-order valence-electron chi connectivity index (χ1n) is 7.16. The van der Waals surface area contributed by atoms with E-state index in [1.165, 1.54) is 0 Å². The molecule has 0 spiro atoms. The van der Waals surface area contributed by atoms with E-state index in [1.54, 1.807) is 0 Å². The number of hydrogen-bond acceptors (Lipinski definition) is 3. The van der Waals surface area contributed by atoms with Crippen molar-refractivity contribution in [2.75, 3.05) is 19.8 Å². The van der Waals surface area contributed by atoms with Gasteiger partial charge in [-0.2, -0.15) is 35.1 Å². The van der Waals surface area contributed by atoms with Gasteiger partial charge < -0.3 is 13.3 Å². The normalized spacial score (nSPS) is 16.2. The molecule has 3 nitrogen and oxygen atoms in total. The third-order valence-corrected chi connectivity index (χ3v) is 6.09. The Balaban J connectivity index is 6.16. The minimum atomic E-state index is -6.43. The van der Waals surface area contributed by atoms with Crippen molar-refractivity contribution in [2.45, 2.75) is 57.2 Å². The molecule has 152 valence electrons. The van der Waals surface area contributed by atoms with Gasteiger partial charge in [0.25, 0.3) is 0 Å². The van der Waals surface area contributed by atoms with Crippen molar-refractivity contribution in [3.05, 3.63) is 0 Å². The molecular formula is C12H19F9O3Si. The molecule has 25 heavy (non-hydrogen) atoms. The first kappa shape index (κ1) is 24.5. The van der Waals surface area contributed by atoms with Gasteiger partial charge in [-0.05, 0) is 20.8 Å². The zero-order valence-corrected chi connectivity index (χ0v) is 14.8. The summed E-state index contributed by atoms with van der Waals surface area (Å²) >= 11 is 0. The van der Waals surface area contributed by atoms with Gasteiger partial charge in [-0.25, -0.2) is 4.39 Å². The highest BCUT2D eigenvalue weighted by atomic mass is 28.4. The van der Waals surface area contributed by atoms with Crippen LogP contribution >= 0.6 is 0 Å². The summed E-state index contributed by atoms with van der Waals surface area (Å²) < 4.78 is 135. The molecular weight excluding hydrogens is 391 g/mol. The van der Waals surface area contributed by atoms with E-state index in [1.807, 2.05) is 0 Å². The van der Waals surface area contributed by atoms with Gasteiger partial charge in [0.05, 0.1) is 0 Å². The largest absolute Gasteiger partial charge is 0.578 e. The van der Waals surface area contributed by atoms with Crippen molar-refractivity contribution in [1.29, 1.82) is 0 Å². The summed E-state index contributed by atoms with van der Waals surface area (Å²) in [6.45, 7) is 0.896. The fourth-order valence-electron chi connectivity index (χ4n) is 1.82. The molecule has 0 heterocycles. The van der Waals surface area contributed by atoms with Gasteiger partial charge in [0.2, 0.25) is 6.17 Å². The molecule has 0 aromatic heterocycles. The highest BCUT2D eigenvalue weighted by molar-refractivity contribution is 6.63. The minimum absolute atomic E-state index is 0.611. The van der Waals surface area contributed by atoms with Crippen molar-refractivity contribution in [3.63, 3.8) is 0 Å². The number of hydrogen-bond donors (Lipinski definition) is 0. The molecule has 0 radical (unpaired) electrons. The monoisotopic (exact) mass is 410 g/mol. The van der Waals surface area contributed by atoms with E-state index in [0.717, 1.165) is 20.8 Å². The van der Waals surface area contributed by atoms with Crippen molar-refractivity contribution >= 4 is 8.80 Å². The molecule has 0 amide bonds. The van der Waals surface area contributed by atoms with Crippen LogP contribution in [-0.4, -0.2) is 58.1 Å². The van der Waals surface area contributed by atoms with Crippen LogP contribution in [0.3, 0.4) is 0 Å². The van der Waals surface area contributed by atoms with E-state index in [9.17, 15) is 39.5 Å². The molecule has 0 aliphatic heterocycles. The maximum absolute atomic E-state index is 14.4. The molecule has 0 aromatic carbocycles. The van der Waals surface area contributed by atoms with Crippen LogP contribution in [0.4, 0.5) is 39.5 Å². The van der Waals surface area contributed by atoms with Crippen molar-refractivity contribution in [2.24, 2.45) is 0 Å². The summed E-state index contributed by atoms with van der Waals surface area (Å²) in [6, 6.07) is 0. The molecule has 0 saturated carbocycles. The molecule has 0 fully saturated rings. The Labute approximate surface area is 139 Å². The van der Waals surface area contributed by atoms with Crippen LogP contribution in [0.15, 0.2) is 0 Å². The van der Waals surface area contributed by atoms with E-state index in [4.69, 9.17) is 0 Å². The lowest BCUT2D eigenvalue weighted by Crippen LogP contribution is -2.71. The lowest BCUT2D eigenvalue weighted by molar-refractivity contribution is -0.335. The Bertz CT molecular complexity index is 412. The SMILES string of the molecule is CCO[Si](OCC)(OCC)C(F)(F)C(F)C(F)(F)C(F)(F)C(C)(F)F. The Kier molecular flexibility index (Phi) is 7.83. The molecule has 0 aliphatic rings. The molecule has 0 aromatic rings. The first-order valence-corrected chi connectivity index (χ1v) is 8.88. The van der Waals surface area contributed by atoms with Crippen LogP contribution in [-0.2, 0) is 13.3 Å². The average Bonchev–Trinajstić information content (AvgIpc) is 2.45. The zero-order valence-electron chi connectivity index (χ0n) is 13.8. The Morgan fingerprint density at radius 1 is 0.760 bits per heavy atom. The predicted molar refractivity (Wildman–Crippen MR) is 71.0 cm³/mol. The van der Waals surface area contributed by atoms with E-state index < -0.39 is 65.0 Å². The van der Waals surface area contributed by atoms with Gasteiger partial charge in [0.1, 0.15) is 0 Å². The second-order valence-corrected chi connectivity index (χ2v) is 7.57. The van der Waals surface area contributed by atoms with Crippen LogP contribution in [0.2, 0.25) is 0 Å². The second kappa shape index (κ2) is 8.01. The Morgan fingerprint density at radius 3 is 1.32 bits per heavy atom. The van der Waals surface area contributed by atoms with Crippen LogP contribution < -0.4 is 0 Å². The highest BCUT2D eigenvalue weighted by Crippen LogP contribution is 2.52. The Hall–Kier alpha value is -0.533. The van der Waals surface area contributed by atoms with Gasteiger partial charge in [-0.1, -0.05) is 0 Å². The molecule has 0 saturated heterocycles. The molecule has 0 bridgehead atoms. The van der Waals surface area contributed by atoms with Crippen LogP contribution in [0.25, 0.3) is 0 Å². The van der Waals surface area contributed by atoms with Gasteiger partial charge in [-0.15, -0.1) is 0 Å². The van der Waals surface area contributed by atoms with E-state index in [-0.39, 0.29) is 0 Å². The average molecular weight is 410 g/mol. The number of rotatable bonds is 11. The van der Waals surface area contributed by atoms with E-state index in [2.05, 4.69) is 13.3 Å². The second-order valence-electron chi connectivity index (χ2n) is 4.93. The van der Waals surface area contributed by atoms with E-state index in [0.29, 0.717) is 0 Å². The molecule has 0 rings (SSSR count). The summed E-state index contributed by atoms with van der Waals surface area (Å²) in [4.78, 5) is 0. The third kappa shape index (κ3) is 4.25. The van der Waals surface area contributed by atoms with Crippen LogP contribution in [0, 0.1) is 0 Å². The summed E-state index contributed by atoms with van der Waals surface area (Å²) in [5, 5.41) is 0. The maximum Gasteiger partial charge on any atom is 0.578 e. The lowest BCUT2D eigenvalue weighted by Gasteiger charge is -2.40. The van der Waals surface area contributed by atoms with Gasteiger partial charge in [-0.3, -0.25) is 0 Å². The first-order chi connectivity index (χ1) is 11.1. The molecule has 1 atom stereocenters. The fraction of sp³-hybridized carbons (Fsp3) is 1.00. The third-order valence-electron chi connectivity index (χ3n) is 3.02. The van der Waals surface area contributed by atoms with E-state index >= 15 is 0 Å². The van der Waals surface area contributed by atoms with Crippen LogP contribution in [0.1, 0.15) is 27.7 Å².